The van der Waals surface area contributed by atoms with Crippen LogP contribution >= 0.6 is 15.9 Å². The van der Waals surface area contributed by atoms with Crippen molar-refractivity contribution >= 4 is 21.8 Å². The average Bonchev–Trinajstić information content (AvgIpc) is 2.37. The Balaban J connectivity index is 2.82. The maximum Gasteiger partial charge on any atom is 0.261 e. The first kappa shape index (κ1) is 15.5. The lowest BCUT2D eigenvalue weighted by molar-refractivity contribution is -0.127. The molecule has 0 aromatic heterocycles. The van der Waals surface area contributed by atoms with Crippen LogP contribution in [-0.4, -0.2) is 23.7 Å². The van der Waals surface area contributed by atoms with E-state index in [4.69, 9.17) is 11.2 Å². The molecule has 2 N–H and O–H groups in total. The number of terminal acetylenes is 1. The van der Waals surface area contributed by atoms with Crippen molar-refractivity contribution < 1.29 is 14.6 Å². The predicted molar refractivity (Wildman–Crippen MR) is 76.7 cm³/mol. The molecular weight excluding hydrogens is 310 g/mol. The number of ether oxygens (including phenoxy) is 1. The van der Waals surface area contributed by atoms with E-state index >= 15 is 0 Å². The molecule has 2 unspecified atom stereocenters. The molecule has 0 aliphatic rings. The van der Waals surface area contributed by atoms with Gasteiger partial charge in [0.05, 0.1) is 12.6 Å². The molecule has 0 fully saturated rings. The summed E-state index contributed by atoms with van der Waals surface area (Å²) in [5.41, 5.74) is 0.617. The number of carbonyl (C=O) groups excluding carboxylic acids is 1. The van der Waals surface area contributed by atoms with Gasteiger partial charge >= 0.3 is 0 Å². The molecular formula is C14H16BrNO3. The SMILES string of the molecule is C#CCNC(=O)C(C)Oc1ccc(Br)cc1C(C)O. The van der Waals surface area contributed by atoms with Crippen LogP contribution in [0.4, 0.5) is 0 Å². The number of benzene rings is 1. The number of rotatable bonds is 5. The van der Waals surface area contributed by atoms with Crippen LogP contribution in [0.25, 0.3) is 0 Å². The van der Waals surface area contributed by atoms with Gasteiger partial charge in [-0.3, -0.25) is 4.79 Å². The lowest BCUT2D eigenvalue weighted by atomic mass is 10.1. The van der Waals surface area contributed by atoms with Gasteiger partial charge in [0.15, 0.2) is 6.10 Å². The van der Waals surface area contributed by atoms with E-state index in [9.17, 15) is 9.90 Å². The van der Waals surface area contributed by atoms with E-state index in [1.807, 2.05) is 0 Å². The van der Waals surface area contributed by atoms with E-state index in [1.165, 1.54) is 0 Å². The summed E-state index contributed by atoms with van der Waals surface area (Å²) in [6.45, 7) is 3.42. The molecule has 1 rings (SSSR count). The van der Waals surface area contributed by atoms with Crippen LogP contribution in [0.2, 0.25) is 0 Å². The predicted octanol–water partition coefficient (Wildman–Crippen LogP) is 2.02. The standard InChI is InChI=1S/C14H16BrNO3/c1-4-7-16-14(18)10(3)19-13-6-5-11(15)8-12(13)9(2)17/h1,5-6,8-10,17H,7H2,2-3H3,(H,16,18). The van der Waals surface area contributed by atoms with Gasteiger partial charge in [-0.1, -0.05) is 21.9 Å². The van der Waals surface area contributed by atoms with Crippen molar-refractivity contribution in [3.05, 3.63) is 28.2 Å². The summed E-state index contributed by atoms with van der Waals surface area (Å²) in [6.07, 6.45) is 3.69. The quantitative estimate of drug-likeness (QED) is 0.814. The van der Waals surface area contributed by atoms with Crippen LogP contribution in [0.1, 0.15) is 25.5 Å². The maximum atomic E-state index is 11.7. The molecule has 2 atom stereocenters. The number of carbonyl (C=O) groups is 1. The highest BCUT2D eigenvalue weighted by Gasteiger charge is 2.17. The van der Waals surface area contributed by atoms with Gasteiger partial charge in [-0.25, -0.2) is 0 Å². The molecule has 102 valence electrons. The minimum Gasteiger partial charge on any atom is -0.481 e. The fraction of sp³-hybridized carbons (Fsp3) is 0.357. The van der Waals surface area contributed by atoms with Gasteiger partial charge in [0.1, 0.15) is 5.75 Å². The van der Waals surface area contributed by atoms with Crippen LogP contribution in [0.3, 0.4) is 0 Å². The van der Waals surface area contributed by atoms with Gasteiger partial charge in [-0.05, 0) is 32.0 Å². The Bertz CT molecular complexity index is 494. The third kappa shape index (κ3) is 4.58. The molecule has 0 aliphatic carbocycles. The van der Waals surface area contributed by atoms with Gasteiger partial charge in [-0.2, -0.15) is 0 Å². The minimum atomic E-state index is -0.688. The molecule has 0 saturated heterocycles. The normalized spacial score (nSPS) is 13.2. The number of amides is 1. The third-order valence-corrected chi connectivity index (χ3v) is 2.95. The van der Waals surface area contributed by atoms with E-state index in [1.54, 1.807) is 32.0 Å². The van der Waals surface area contributed by atoms with Crippen LogP contribution in [0.15, 0.2) is 22.7 Å². The fourth-order valence-electron chi connectivity index (χ4n) is 1.48. The lowest BCUT2D eigenvalue weighted by Crippen LogP contribution is -2.36. The number of hydrogen-bond donors (Lipinski definition) is 2. The van der Waals surface area contributed by atoms with E-state index < -0.39 is 12.2 Å². The second-order valence-electron chi connectivity index (χ2n) is 4.04. The Morgan fingerprint density at radius 1 is 1.58 bits per heavy atom. The summed E-state index contributed by atoms with van der Waals surface area (Å²) in [5, 5.41) is 12.2. The van der Waals surface area contributed by atoms with E-state index in [-0.39, 0.29) is 12.5 Å². The zero-order chi connectivity index (χ0) is 14.4. The van der Waals surface area contributed by atoms with E-state index in [0.29, 0.717) is 11.3 Å². The van der Waals surface area contributed by atoms with Gasteiger partial charge in [0.25, 0.3) is 5.91 Å². The Morgan fingerprint density at radius 3 is 2.84 bits per heavy atom. The Hall–Kier alpha value is -1.51. The monoisotopic (exact) mass is 325 g/mol. The smallest absolute Gasteiger partial charge is 0.261 e. The molecule has 4 nitrogen and oxygen atoms in total. The summed E-state index contributed by atoms with van der Waals surface area (Å²) in [5.74, 6) is 2.50. The van der Waals surface area contributed by atoms with Crippen molar-refractivity contribution in [2.45, 2.75) is 26.1 Å². The molecule has 0 spiro atoms. The highest BCUT2D eigenvalue weighted by molar-refractivity contribution is 9.10. The molecule has 0 bridgehead atoms. The zero-order valence-electron chi connectivity index (χ0n) is 10.8. The first-order chi connectivity index (χ1) is 8.95. The van der Waals surface area contributed by atoms with Crippen molar-refractivity contribution in [1.29, 1.82) is 0 Å². The summed E-state index contributed by atoms with van der Waals surface area (Å²) in [7, 11) is 0. The second kappa shape index (κ2) is 7.17. The highest BCUT2D eigenvalue weighted by atomic mass is 79.9. The van der Waals surface area contributed by atoms with Crippen LogP contribution in [-0.2, 0) is 4.79 Å². The van der Waals surface area contributed by atoms with E-state index in [0.717, 1.165) is 4.47 Å². The maximum absolute atomic E-state index is 11.7. The van der Waals surface area contributed by atoms with Gasteiger partial charge in [0.2, 0.25) is 0 Å². The first-order valence-electron chi connectivity index (χ1n) is 5.81. The van der Waals surface area contributed by atoms with Crippen LogP contribution in [0, 0.1) is 12.3 Å². The fourth-order valence-corrected chi connectivity index (χ4v) is 1.86. The molecule has 5 heteroatoms. The average molecular weight is 326 g/mol. The van der Waals surface area contributed by atoms with Gasteiger partial charge < -0.3 is 15.2 Å². The van der Waals surface area contributed by atoms with Crippen LogP contribution in [0.5, 0.6) is 5.75 Å². The molecule has 0 saturated carbocycles. The second-order valence-corrected chi connectivity index (χ2v) is 4.96. The molecule has 0 radical (unpaired) electrons. The highest BCUT2D eigenvalue weighted by Crippen LogP contribution is 2.29. The molecule has 1 aromatic rings. The molecule has 1 aromatic carbocycles. The number of halogens is 1. The van der Waals surface area contributed by atoms with Crippen molar-refractivity contribution in [1.82, 2.24) is 5.32 Å². The summed E-state index contributed by atoms with van der Waals surface area (Å²) in [6, 6.07) is 5.25. The van der Waals surface area contributed by atoms with Crippen LogP contribution < -0.4 is 10.1 Å². The largest absolute Gasteiger partial charge is 0.481 e. The van der Waals surface area contributed by atoms with Crippen molar-refractivity contribution in [3.8, 4) is 18.1 Å². The molecule has 0 aliphatic heterocycles. The summed E-state index contributed by atoms with van der Waals surface area (Å²) in [4.78, 5) is 11.7. The Labute approximate surface area is 121 Å². The molecule has 1 amide bonds. The topological polar surface area (TPSA) is 58.6 Å². The van der Waals surface area contributed by atoms with Crippen molar-refractivity contribution in [3.63, 3.8) is 0 Å². The summed E-state index contributed by atoms with van der Waals surface area (Å²) < 4.78 is 6.39. The molecule has 19 heavy (non-hydrogen) atoms. The number of aliphatic hydroxyl groups excluding tert-OH is 1. The van der Waals surface area contributed by atoms with Crippen molar-refractivity contribution in [2.24, 2.45) is 0 Å². The Morgan fingerprint density at radius 2 is 2.26 bits per heavy atom. The number of aliphatic hydroxyl groups is 1. The van der Waals surface area contributed by atoms with Gasteiger partial charge in [-0.15, -0.1) is 6.42 Å². The number of nitrogens with one attached hydrogen (secondary N) is 1. The van der Waals surface area contributed by atoms with E-state index in [2.05, 4.69) is 27.2 Å². The number of hydrogen-bond acceptors (Lipinski definition) is 3. The third-order valence-electron chi connectivity index (χ3n) is 2.46. The Kier molecular flexibility index (Phi) is 5.87. The lowest BCUT2D eigenvalue weighted by Gasteiger charge is -2.18. The summed E-state index contributed by atoms with van der Waals surface area (Å²) >= 11 is 3.33. The zero-order valence-corrected chi connectivity index (χ0v) is 12.4. The van der Waals surface area contributed by atoms with Crippen molar-refractivity contribution in [2.75, 3.05) is 6.54 Å². The first-order valence-corrected chi connectivity index (χ1v) is 6.60. The minimum absolute atomic E-state index is 0.163. The molecule has 0 heterocycles. The van der Waals surface area contributed by atoms with Gasteiger partial charge in [0, 0.05) is 10.0 Å².